The Morgan fingerprint density at radius 1 is 1.62 bits per heavy atom. The molecule has 0 aromatic heterocycles. The van der Waals surface area contributed by atoms with E-state index in [0.717, 1.165) is 30.4 Å². The topological polar surface area (TPSA) is 58.4 Å². The Morgan fingerprint density at radius 2 is 2.23 bits per heavy atom. The smallest absolute Gasteiger partial charge is 0.299 e. The van der Waals surface area contributed by atoms with E-state index in [9.17, 15) is 4.79 Å². The van der Waals surface area contributed by atoms with Gasteiger partial charge >= 0.3 is 0 Å². The monoisotopic (exact) mass is 203 g/mol. The number of allylic oxidation sites excluding steroid dienone is 1. The Hall–Kier alpha value is -0.680. The standard InChI is InChI=1S/C8H17N3OS/c1-4-7(6-10-5-2)11(9)8(12)13-3/h6,10H,4-5,9H2,1-3H3/b7-6-. The van der Waals surface area contributed by atoms with E-state index in [0.29, 0.717) is 0 Å². The van der Waals surface area contributed by atoms with Crippen LogP contribution in [0.15, 0.2) is 11.9 Å². The summed E-state index contributed by atoms with van der Waals surface area (Å²) in [6, 6.07) is 0. The van der Waals surface area contributed by atoms with E-state index in [-0.39, 0.29) is 5.24 Å². The average molecular weight is 203 g/mol. The Labute approximate surface area is 83.5 Å². The minimum atomic E-state index is -0.147. The second-order valence-corrected chi connectivity index (χ2v) is 3.14. The van der Waals surface area contributed by atoms with Crippen molar-refractivity contribution in [3.05, 3.63) is 11.9 Å². The Bertz CT molecular complexity index is 194. The second-order valence-electron chi connectivity index (χ2n) is 2.39. The molecule has 1 amide bonds. The van der Waals surface area contributed by atoms with Crippen LogP contribution in [0.4, 0.5) is 4.79 Å². The number of nitrogens with two attached hydrogens (primary N) is 1. The highest BCUT2D eigenvalue weighted by Crippen LogP contribution is 2.09. The first-order chi connectivity index (χ1) is 6.17. The lowest BCUT2D eigenvalue weighted by Gasteiger charge is -2.17. The summed E-state index contributed by atoms with van der Waals surface area (Å²) in [5.41, 5.74) is 0.793. The number of nitrogens with zero attached hydrogens (tertiary/aromatic N) is 1. The first kappa shape index (κ1) is 12.3. The molecule has 0 spiro atoms. The molecule has 5 heteroatoms. The molecule has 0 saturated carbocycles. The number of carbonyl (C=O) groups is 1. The van der Waals surface area contributed by atoms with Crippen LogP contribution in [-0.2, 0) is 0 Å². The molecule has 0 aromatic rings. The summed E-state index contributed by atoms with van der Waals surface area (Å²) < 4.78 is 0. The Kier molecular flexibility index (Phi) is 6.44. The van der Waals surface area contributed by atoms with Crippen molar-refractivity contribution >= 4 is 17.0 Å². The number of carbonyl (C=O) groups excluding carboxylic acids is 1. The SMILES string of the molecule is CCN/C=C(/CC)N(N)C(=O)SC. The molecule has 0 radical (unpaired) electrons. The van der Waals surface area contributed by atoms with Crippen LogP contribution in [0.25, 0.3) is 0 Å². The summed E-state index contributed by atoms with van der Waals surface area (Å²) in [5, 5.41) is 4.04. The summed E-state index contributed by atoms with van der Waals surface area (Å²) in [4.78, 5) is 11.2. The summed E-state index contributed by atoms with van der Waals surface area (Å²) >= 11 is 1.10. The van der Waals surface area contributed by atoms with Crippen LogP contribution >= 0.6 is 11.8 Å². The van der Waals surface area contributed by atoms with Crippen molar-refractivity contribution in [3.8, 4) is 0 Å². The minimum Gasteiger partial charge on any atom is -0.390 e. The van der Waals surface area contributed by atoms with E-state index in [1.165, 1.54) is 5.01 Å². The summed E-state index contributed by atoms with van der Waals surface area (Å²) in [6.07, 6.45) is 4.21. The van der Waals surface area contributed by atoms with E-state index in [1.54, 1.807) is 12.5 Å². The van der Waals surface area contributed by atoms with Gasteiger partial charge < -0.3 is 5.32 Å². The molecule has 0 saturated heterocycles. The molecule has 0 rings (SSSR count). The Balaban J connectivity index is 4.30. The molecule has 0 aromatic carbocycles. The lowest BCUT2D eigenvalue weighted by Crippen LogP contribution is -2.34. The lowest BCUT2D eigenvalue weighted by molar-refractivity contribution is 0.235. The molecular formula is C8H17N3OS. The van der Waals surface area contributed by atoms with Crippen molar-refractivity contribution in [2.75, 3.05) is 12.8 Å². The van der Waals surface area contributed by atoms with Gasteiger partial charge in [0.05, 0.1) is 5.70 Å². The highest BCUT2D eigenvalue weighted by molar-refractivity contribution is 8.12. The number of nitrogens with one attached hydrogen (secondary N) is 1. The fourth-order valence-electron chi connectivity index (χ4n) is 0.777. The summed E-state index contributed by atoms with van der Waals surface area (Å²) in [5.74, 6) is 5.58. The van der Waals surface area contributed by atoms with Crippen LogP contribution in [-0.4, -0.2) is 23.0 Å². The average Bonchev–Trinajstić information content (AvgIpc) is 2.17. The van der Waals surface area contributed by atoms with Gasteiger partial charge in [-0.25, -0.2) is 10.9 Å². The summed E-state index contributed by atoms with van der Waals surface area (Å²) in [7, 11) is 0. The van der Waals surface area contributed by atoms with E-state index < -0.39 is 0 Å². The van der Waals surface area contributed by atoms with Crippen molar-refractivity contribution in [2.24, 2.45) is 5.84 Å². The molecule has 0 heterocycles. The van der Waals surface area contributed by atoms with Crippen LogP contribution in [0.2, 0.25) is 0 Å². The minimum absolute atomic E-state index is 0.147. The predicted molar refractivity (Wildman–Crippen MR) is 57.0 cm³/mol. The quantitative estimate of drug-likeness (QED) is 0.413. The maximum Gasteiger partial charge on any atom is 0.299 e. The largest absolute Gasteiger partial charge is 0.390 e. The van der Waals surface area contributed by atoms with Gasteiger partial charge in [0.15, 0.2) is 0 Å². The molecule has 0 atom stereocenters. The van der Waals surface area contributed by atoms with Gasteiger partial charge in [0, 0.05) is 12.7 Å². The molecule has 0 aliphatic heterocycles. The van der Waals surface area contributed by atoms with Crippen LogP contribution < -0.4 is 11.2 Å². The zero-order valence-corrected chi connectivity index (χ0v) is 9.15. The normalized spacial score (nSPS) is 11.2. The molecule has 0 aliphatic carbocycles. The third-order valence-electron chi connectivity index (χ3n) is 1.52. The van der Waals surface area contributed by atoms with E-state index in [1.807, 2.05) is 13.8 Å². The number of hydrazine groups is 1. The number of hydrogen-bond acceptors (Lipinski definition) is 4. The highest BCUT2D eigenvalue weighted by Gasteiger charge is 2.10. The molecular weight excluding hydrogens is 186 g/mol. The molecule has 3 N–H and O–H groups in total. The van der Waals surface area contributed by atoms with Gasteiger partial charge in [0.2, 0.25) is 0 Å². The third kappa shape index (κ3) is 4.19. The highest BCUT2D eigenvalue weighted by atomic mass is 32.2. The first-order valence-corrected chi connectivity index (χ1v) is 5.45. The Morgan fingerprint density at radius 3 is 2.62 bits per heavy atom. The number of rotatable bonds is 4. The molecule has 76 valence electrons. The van der Waals surface area contributed by atoms with Gasteiger partial charge in [-0.2, -0.15) is 0 Å². The van der Waals surface area contributed by atoms with Crippen LogP contribution in [0.1, 0.15) is 20.3 Å². The summed E-state index contributed by atoms with van der Waals surface area (Å²) in [6.45, 7) is 4.77. The van der Waals surface area contributed by atoms with Crippen molar-refractivity contribution in [1.82, 2.24) is 10.3 Å². The third-order valence-corrected chi connectivity index (χ3v) is 2.06. The van der Waals surface area contributed by atoms with Gasteiger partial charge in [0.1, 0.15) is 0 Å². The maximum absolute atomic E-state index is 11.2. The zero-order valence-electron chi connectivity index (χ0n) is 8.33. The maximum atomic E-state index is 11.2. The van der Waals surface area contributed by atoms with Crippen molar-refractivity contribution in [2.45, 2.75) is 20.3 Å². The second kappa shape index (κ2) is 6.80. The molecule has 0 unspecified atom stereocenters. The molecule has 13 heavy (non-hydrogen) atoms. The van der Waals surface area contributed by atoms with E-state index in [2.05, 4.69) is 5.32 Å². The number of amides is 1. The molecule has 0 fully saturated rings. The fraction of sp³-hybridized carbons (Fsp3) is 0.625. The molecule has 0 bridgehead atoms. The molecule has 4 nitrogen and oxygen atoms in total. The van der Waals surface area contributed by atoms with E-state index >= 15 is 0 Å². The zero-order chi connectivity index (χ0) is 10.3. The number of hydrogen-bond donors (Lipinski definition) is 2. The first-order valence-electron chi connectivity index (χ1n) is 4.22. The van der Waals surface area contributed by atoms with Gasteiger partial charge in [0.25, 0.3) is 5.24 Å². The lowest BCUT2D eigenvalue weighted by atomic mass is 10.3. The van der Waals surface area contributed by atoms with Crippen LogP contribution in [0.5, 0.6) is 0 Å². The van der Waals surface area contributed by atoms with Crippen molar-refractivity contribution in [3.63, 3.8) is 0 Å². The van der Waals surface area contributed by atoms with Gasteiger partial charge in [-0.3, -0.25) is 4.79 Å². The number of thioether (sulfide) groups is 1. The van der Waals surface area contributed by atoms with Crippen LogP contribution in [0, 0.1) is 0 Å². The van der Waals surface area contributed by atoms with Crippen LogP contribution in [0.3, 0.4) is 0 Å². The van der Waals surface area contributed by atoms with Gasteiger partial charge in [-0.05, 0) is 19.6 Å². The predicted octanol–water partition coefficient (Wildman–Crippen LogP) is 1.51. The fourth-order valence-corrected chi connectivity index (χ4v) is 1.09. The molecule has 0 aliphatic rings. The van der Waals surface area contributed by atoms with Crippen molar-refractivity contribution < 1.29 is 4.79 Å². The van der Waals surface area contributed by atoms with Gasteiger partial charge in [-0.15, -0.1) is 0 Å². The van der Waals surface area contributed by atoms with Crippen molar-refractivity contribution in [1.29, 1.82) is 0 Å². The van der Waals surface area contributed by atoms with Gasteiger partial charge in [-0.1, -0.05) is 18.7 Å². The van der Waals surface area contributed by atoms with E-state index in [4.69, 9.17) is 5.84 Å².